The van der Waals surface area contributed by atoms with E-state index in [-0.39, 0.29) is 23.5 Å². The average molecular weight is 462 g/mol. The minimum absolute atomic E-state index is 0.156. The number of aromatic nitrogens is 1. The lowest BCUT2D eigenvalue weighted by atomic mass is 10.1. The first-order chi connectivity index (χ1) is 15.5. The van der Waals surface area contributed by atoms with Gasteiger partial charge in [0.05, 0.1) is 25.5 Å². The number of pyridine rings is 1. The zero-order valence-electron chi connectivity index (χ0n) is 18.9. The van der Waals surface area contributed by atoms with Gasteiger partial charge in [-0.3, -0.25) is 14.5 Å². The van der Waals surface area contributed by atoms with Crippen LogP contribution >= 0.6 is 11.6 Å². The number of halogens is 1. The zero-order valence-corrected chi connectivity index (χ0v) is 19.6. The summed E-state index contributed by atoms with van der Waals surface area (Å²) in [6.45, 7) is 7.38. The van der Waals surface area contributed by atoms with Crippen molar-refractivity contribution in [1.82, 2.24) is 14.8 Å². The number of nitrogens with zero attached hydrogens (tertiary/aromatic N) is 2. The number of morpholine rings is 1. The summed E-state index contributed by atoms with van der Waals surface area (Å²) >= 11 is 6.31. The second kappa shape index (κ2) is 12.2. The third-order valence-corrected chi connectivity index (χ3v) is 6.11. The third kappa shape index (κ3) is 6.42. The molecule has 1 N–H and O–H groups in total. The van der Waals surface area contributed by atoms with Crippen molar-refractivity contribution in [1.29, 1.82) is 0 Å². The summed E-state index contributed by atoms with van der Waals surface area (Å²) in [5.74, 6) is -0.351. The number of benzene rings is 1. The summed E-state index contributed by atoms with van der Waals surface area (Å²) in [5.41, 5.74) is 2.27. The highest BCUT2D eigenvalue weighted by molar-refractivity contribution is 6.31. The van der Waals surface area contributed by atoms with E-state index in [0.29, 0.717) is 30.2 Å². The van der Waals surface area contributed by atoms with Crippen molar-refractivity contribution in [2.75, 3.05) is 46.5 Å². The lowest BCUT2D eigenvalue weighted by molar-refractivity contribution is 0.0374. The first-order valence-electron chi connectivity index (χ1n) is 11.0. The molecule has 1 fully saturated rings. The van der Waals surface area contributed by atoms with Crippen molar-refractivity contribution in [2.24, 2.45) is 0 Å². The molecular weight excluding hydrogens is 430 g/mol. The average Bonchev–Trinajstić information content (AvgIpc) is 2.78. The van der Waals surface area contributed by atoms with Gasteiger partial charge in [0.25, 0.3) is 5.91 Å². The fraction of sp³-hybridized carbons (Fsp3) is 0.500. The molecule has 1 saturated heterocycles. The second-order valence-corrected chi connectivity index (χ2v) is 8.37. The molecule has 1 aromatic heterocycles. The summed E-state index contributed by atoms with van der Waals surface area (Å²) < 4.78 is 12.7. The molecule has 1 aliphatic rings. The Morgan fingerprint density at radius 3 is 2.69 bits per heavy atom. The molecule has 0 bridgehead atoms. The maximum Gasteiger partial charge on any atom is 0.257 e. The van der Waals surface area contributed by atoms with Gasteiger partial charge in [-0.05, 0) is 37.9 Å². The van der Waals surface area contributed by atoms with Crippen LogP contribution in [0.25, 0.3) is 0 Å². The molecule has 8 heteroatoms. The minimum Gasteiger partial charge on any atom is -0.379 e. The van der Waals surface area contributed by atoms with Crippen molar-refractivity contribution in [3.8, 4) is 0 Å². The van der Waals surface area contributed by atoms with E-state index in [1.165, 1.54) is 6.07 Å². The maximum atomic E-state index is 13.0. The van der Waals surface area contributed by atoms with Crippen LogP contribution in [0.5, 0.6) is 0 Å². The Balaban J connectivity index is 1.72. The molecule has 174 valence electrons. The van der Waals surface area contributed by atoms with Gasteiger partial charge in [-0.2, -0.15) is 0 Å². The van der Waals surface area contributed by atoms with Crippen molar-refractivity contribution < 1.29 is 14.3 Å². The minimum atomic E-state index is -0.351. The van der Waals surface area contributed by atoms with Crippen LogP contribution in [0.1, 0.15) is 33.7 Å². The van der Waals surface area contributed by atoms with Crippen LogP contribution in [0.4, 0.5) is 0 Å². The number of hydrogen-bond donors (Lipinski definition) is 1. The van der Waals surface area contributed by atoms with Gasteiger partial charge in [-0.25, -0.2) is 0 Å². The van der Waals surface area contributed by atoms with Crippen LogP contribution in [0.15, 0.2) is 35.1 Å². The summed E-state index contributed by atoms with van der Waals surface area (Å²) in [6, 6.07) is 9.22. The number of ether oxygens (including phenoxy) is 2. The molecule has 7 nitrogen and oxygen atoms in total. The highest BCUT2D eigenvalue weighted by Crippen LogP contribution is 2.18. The molecule has 2 aromatic rings. The van der Waals surface area contributed by atoms with E-state index >= 15 is 0 Å². The van der Waals surface area contributed by atoms with Crippen LogP contribution < -0.4 is 10.7 Å². The van der Waals surface area contributed by atoms with Gasteiger partial charge in [0, 0.05) is 50.1 Å². The van der Waals surface area contributed by atoms with E-state index in [1.54, 1.807) is 7.11 Å². The molecule has 1 amide bonds. The van der Waals surface area contributed by atoms with Crippen molar-refractivity contribution in [3.05, 3.63) is 68.1 Å². The number of carbonyl (C=O) groups is 1. The van der Waals surface area contributed by atoms with Crippen molar-refractivity contribution in [2.45, 2.75) is 32.9 Å². The molecular formula is C24H32ClN3O4. The highest BCUT2D eigenvalue weighted by Gasteiger charge is 2.20. The monoisotopic (exact) mass is 461 g/mol. The Hall–Kier alpha value is -2.19. The van der Waals surface area contributed by atoms with Crippen molar-refractivity contribution >= 4 is 17.5 Å². The summed E-state index contributed by atoms with van der Waals surface area (Å²) in [4.78, 5) is 28.1. The molecule has 1 aliphatic heterocycles. The lowest BCUT2D eigenvalue weighted by Gasteiger charge is -2.26. The molecule has 0 radical (unpaired) electrons. The van der Waals surface area contributed by atoms with Gasteiger partial charge in [0.1, 0.15) is 5.56 Å². The van der Waals surface area contributed by atoms with E-state index in [1.807, 2.05) is 35.8 Å². The normalized spacial score (nSPS) is 14.5. The Kier molecular flexibility index (Phi) is 9.29. The van der Waals surface area contributed by atoms with Crippen LogP contribution in [-0.2, 0) is 29.0 Å². The fourth-order valence-electron chi connectivity index (χ4n) is 4.02. The van der Waals surface area contributed by atoms with Crippen molar-refractivity contribution in [3.63, 3.8) is 0 Å². The summed E-state index contributed by atoms with van der Waals surface area (Å²) in [5, 5.41) is 3.63. The fourth-order valence-corrected chi connectivity index (χ4v) is 4.25. The number of hydrogen-bond acceptors (Lipinski definition) is 5. The van der Waals surface area contributed by atoms with Crippen LogP contribution in [0, 0.1) is 6.92 Å². The van der Waals surface area contributed by atoms with Crippen LogP contribution in [0.2, 0.25) is 5.02 Å². The molecule has 3 rings (SSSR count). The number of methoxy groups -OCH3 is 1. The smallest absolute Gasteiger partial charge is 0.257 e. The molecule has 0 spiro atoms. The number of rotatable bonds is 10. The first-order valence-corrected chi connectivity index (χ1v) is 11.4. The standard InChI is InChI=1S/C24H32ClN3O4/c1-18-16-22(29)23(24(30)26-9-5-10-27-12-14-32-15-13-27)21(17-31-2)28(18)11-8-19-6-3-4-7-20(19)25/h3-4,6-7,16H,5,8-15,17H2,1-2H3,(H,26,30). The Morgan fingerprint density at radius 2 is 1.97 bits per heavy atom. The van der Waals surface area contributed by atoms with Crippen LogP contribution in [-0.4, -0.2) is 61.9 Å². The lowest BCUT2D eigenvalue weighted by Crippen LogP contribution is -2.38. The second-order valence-electron chi connectivity index (χ2n) is 7.96. The van der Waals surface area contributed by atoms with Crippen LogP contribution in [0.3, 0.4) is 0 Å². The topological polar surface area (TPSA) is 72.8 Å². The first kappa shape index (κ1) is 24.5. The Morgan fingerprint density at radius 1 is 1.22 bits per heavy atom. The zero-order chi connectivity index (χ0) is 22.9. The molecule has 0 aliphatic carbocycles. The van der Waals surface area contributed by atoms with Gasteiger partial charge in [0.15, 0.2) is 5.43 Å². The van der Waals surface area contributed by atoms with Gasteiger partial charge < -0.3 is 19.4 Å². The van der Waals surface area contributed by atoms with Gasteiger partial charge >= 0.3 is 0 Å². The molecule has 0 unspecified atom stereocenters. The molecule has 1 aromatic carbocycles. The number of carbonyl (C=O) groups excluding carboxylic acids is 1. The summed E-state index contributed by atoms with van der Waals surface area (Å²) in [7, 11) is 1.56. The van der Waals surface area contributed by atoms with E-state index in [2.05, 4.69) is 10.2 Å². The molecule has 0 atom stereocenters. The number of aryl methyl sites for hydroxylation is 2. The van der Waals surface area contributed by atoms with Gasteiger partial charge in [0.2, 0.25) is 0 Å². The largest absolute Gasteiger partial charge is 0.379 e. The SMILES string of the molecule is COCc1c(C(=O)NCCCN2CCOCC2)c(=O)cc(C)n1CCc1ccccc1Cl. The molecule has 2 heterocycles. The molecule has 32 heavy (non-hydrogen) atoms. The number of amides is 1. The third-order valence-electron chi connectivity index (χ3n) is 5.74. The van der Waals surface area contributed by atoms with E-state index in [9.17, 15) is 9.59 Å². The predicted molar refractivity (Wildman–Crippen MR) is 126 cm³/mol. The quantitative estimate of drug-likeness (QED) is 0.551. The highest BCUT2D eigenvalue weighted by atomic mass is 35.5. The Labute approximate surface area is 194 Å². The van der Waals surface area contributed by atoms with E-state index in [0.717, 1.165) is 50.5 Å². The molecule has 0 saturated carbocycles. The number of nitrogens with one attached hydrogen (secondary N) is 1. The van der Waals surface area contributed by atoms with Gasteiger partial charge in [-0.15, -0.1) is 0 Å². The van der Waals surface area contributed by atoms with E-state index < -0.39 is 0 Å². The Bertz CT molecular complexity index is 970. The van der Waals surface area contributed by atoms with E-state index in [4.69, 9.17) is 21.1 Å². The predicted octanol–water partition coefficient (Wildman–Crippen LogP) is 2.65. The summed E-state index contributed by atoms with van der Waals surface area (Å²) in [6.07, 6.45) is 1.50. The van der Waals surface area contributed by atoms with Gasteiger partial charge in [-0.1, -0.05) is 29.8 Å². The maximum absolute atomic E-state index is 13.0.